The second-order valence-electron chi connectivity index (χ2n) is 6.42. The maximum Gasteiger partial charge on any atom is 0.223 e. The van der Waals surface area contributed by atoms with Gasteiger partial charge in [-0.05, 0) is 31.0 Å². The van der Waals surface area contributed by atoms with E-state index in [1.54, 1.807) is 23.5 Å². The molecule has 0 bridgehead atoms. The highest BCUT2D eigenvalue weighted by Gasteiger charge is 2.32. The fourth-order valence-electron chi connectivity index (χ4n) is 3.00. The molecule has 0 aliphatic heterocycles. The van der Waals surface area contributed by atoms with Crippen LogP contribution in [0.3, 0.4) is 0 Å². The van der Waals surface area contributed by atoms with Crippen molar-refractivity contribution in [2.24, 2.45) is 0 Å². The second-order valence-corrected chi connectivity index (χ2v) is 7.53. The number of amides is 1. The van der Waals surface area contributed by atoms with Crippen molar-refractivity contribution in [1.82, 2.24) is 9.88 Å². The highest BCUT2D eigenvalue weighted by molar-refractivity contribution is 7.18. The third-order valence-corrected chi connectivity index (χ3v) is 5.59. The number of aryl methyl sites for hydroxylation is 1. The van der Waals surface area contributed by atoms with Gasteiger partial charge in [0.2, 0.25) is 5.91 Å². The molecule has 0 unspecified atom stereocenters. The van der Waals surface area contributed by atoms with Crippen molar-refractivity contribution in [3.63, 3.8) is 0 Å². The predicted molar refractivity (Wildman–Crippen MR) is 97.9 cm³/mol. The van der Waals surface area contributed by atoms with E-state index < -0.39 is 0 Å². The van der Waals surface area contributed by atoms with Crippen molar-refractivity contribution in [3.05, 3.63) is 64.9 Å². The summed E-state index contributed by atoms with van der Waals surface area (Å²) in [5.74, 6) is -0.155. The molecule has 128 valence electrons. The highest BCUT2D eigenvalue weighted by Crippen LogP contribution is 2.30. The van der Waals surface area contributed by atoms with Crippen LogP contribution in [0.4, 0.5) is 4.39 Å². The van der Waals surface area contributed by atoms with Crippen molar-refractivity contribution < 1.29 is 9.18 Å². The summed E-state index contributed by atoms with van der Waals surface area (Å²) in [6, 6.07) is 15.0. The van der Waals surface area contributed by atoms with Crippen LogP contribution in [0, 0.1) is 5.82 Å². The zero-order valence-corrected chi connectivity index (χ0v) is 14.6. The monoisotopic (exact) mass is 354 g/mol. The first-order valence-electron chi connectivity index (χ1n) is 8.58. The zero-order chi connectivity index (χ0) is 17.2. The third-order valence-electron chi connectivity index (χ3n) is 4.50. The number of fused-ring (bicyclic) bond motifs is 1. The van der Waals surface area contributed by atoms with Gasteiger partial charge in [-0.2, -0.15) is 0 Å². The van der Waals surface area contributed by atoms with Gasteiger partial charge in [0.1, 0.15) is 5.82 Å². The molecule has 1 saturated carbocycles. The molecule has 1 fully saturated rings. The number of para-hydroxylation sites is 1. The van der Waals surface area contributed by atoms with Gasteiger partial charge in [-0.15, -0.1) is 11.3 Å². The average molecular weight is 354 g/mol. The van der Waals surface area contributed by atoms with Crippen LogP contribution in [-0.2, 0) is 17.8 Å². The Hall–Kier alpha value is -2.27. The van der Waals surface area contributed by atoms with Crippen molar-refractivity contribution in [2.75, 3.05) is 0 Å². The summed E-state index contributed by atoms with van der Waals surface area (Å²) < 4.78 is 15.1. The molecule has 0 radical (unpaired) electrons. The summed E-state index contributed by atoms with van der Waals surface area (Å²) in [6.07, 6.45) is 3.09. The van der Waals surface area contributed by atoms with Crippen LogP contribution >= 0.6 is 11.3 Å². The van der Waals surface area contributed by atoms with Gasteiger partial charge in [-0.25, -0.2) is 9.37 Å². The Morgan fingerprint density at radius 2 is 1.92 bits per heavy atom. The molecule has 3 aromatic rings. The smallest absolute Gasteiger partial charge is 0.223 e. The average Bonchev–Trinajstić information content (AvgIpc) is 3.37. The molecule has 25 heavy (non-hydrogen) atoms. The van der Waals surface area contributed by atoms with Gasteiger partial charge in [-0.1, -0.05) is 30.3 Å². The van der Waals surface area contributed by atoms with Crippen LogP contribution in [0.15, 0.2) is 48.5 Å². The van der Waals surface area contributed by atoms with Crippen molar-refractivity contribution in [1.29, 1.82) is 0 Å². The fourth-order valence-corrected chi connectivity index (χ4v) is 3.97. The number of carbonyl (C=O) groups excluding carboxylic acids is 1. The number of thiazole rings is 1. The summed E-state index contributed by atoms with van der Waals surface area (Å²) in [6.45, 7) is 0.357. The molecule has 3 nitrogen and oxygen atoms in total. The van der Waals surface area contributed by atoms with Crippen molar-refractivity contribution >= 4 is 27.5 Å². The lowest BCUT2D eigenvalue weighted by molar-refractivity contribution is -0.132. The summed E-state index contributed by atoms with van der Waals surface area (Å²) in [5, 5.41) is 0.983. The highest BCUT2D eigenvalue weighted by atomic mass is 32.1. The van der Waals surface area contributed by atoms with E-state index >= 15 is 0 Å². The lowest BCUT2D eigenvalue weighted by Gasteiger charge is -2.22. The lowest BCUT2D eigenvalue weighted by atomic mass is 10.2. The molecule has 5 heteroatoms. The Kier molecular flexibility index (Phi) is 4.49. The summed E-state index contributed by atoms with van der Waals surface area (Å²) in [4.78, 5) is 19.1. The number of nitrogens with zero attached hydrogens (tertiary/aromatic N) is 2. The minimum Gasteiger partial charge on any atom is -0.335 e. The number of benzene rings is 2. The maximum absolute atomic E-state index is 13.9. The topological polar surface area (TPSA) is 33.2 Å². The standard InChI is InChI=1S/C20H19FN2OS/c21-16-6-2-1-5-14(16)13-23(15-9-10-15)20(24)12-11-19-22-17-7-3-4-8-18(17)25-19/h1-8,15H,9-13H2. The normalized spacial score (nSPS) is 14.0. The van der Waals surface area contributed by atoms with Crippen LogP contribution < -0.4 is 0 Å². The molecule has 1 aromatic heterocycles. The van der Waals surface area contributed by atoms with Gasteiger partial charge < -0.3 is 4.90 Å². The molecule has 2 aromatic carbocycles. The first-order valence-corrected chi connectivity index (χ1v) is 9.39. The van der Waals surface area contributed by atoms with E-state index in [1.807, 2.05) is 35.2 Å². The molecule has 1 aliphatic rings. The molecule has 0 atom stereocenters. The SMILES string of the molecule is O=C(CCc1nc2ccccc2s1)N(Cc1ccccc1F)C1CC1. The molecular weight excluding hydrogens is 335 g/mol. The van der Waals surface area contributed by atoms with Crippen LogP contribution in [0.5, 0.6) is 0 Å². The van der Waals surface area contributed by atoms with Gasteiger partial charge in [0.25, 0.3) is 0 Å². The third kappa shape index (κ3) is 3.71. The van der Waals surface area contributed by atoms with Gasteiger partial charge in [0, 0.05) is 31.0 Å². The summed E-state index contributed by atoms with van der Waals surface area (Å²) >= 11 is 1.64. The van der Waals surface area contributed by atoms with Crippen molar-refractivity contribution in [3.8, 4) is 0 Å². The Morgan fingerprint density at radius 3 is 2.68 bits per heavy atom. The molecule has 1 aliphatic carbocycles. The number of hydrogen-bond donors (Lipinski definition) is 0. The Labute approximate surface area is 150 Å². The molecule has 4 rings (SSSR count). The Morgan fingerprint density at radius 1 is 1.16 bits per heavy atom. The van der Waals surface area contributed by atoms with E-state index in [2.05, 4.69) is 4.98 Å². The van der Waals surface area contributed by atoms with Crippen LogP contribution in [0.25, 0.3) is 10.2 Å². The number of aromatic nitrogens is 1. The fraction of sp³-hybridized carbons (Fsp3) is 0.300. The van der Waals surface area contributed by atoms with E-state index in [1.165, 1.54) is 6.07 Å². The van der Waals surface area contributed by atoms with Crippen LogP contribution in [0.1, 0.15) is 29.8 Å². The second kappa shape index (κ2) is 6.92. The Bertz CT molecular complexity index is 870. The number of hydrogen-bond acceptors (Lipinski definition) is 3. The van der Waals surface area contributed by atoms with E-state index in [-0.39, 0.29) is 17.8 Å². The minimum absolute atomic E-state index is 0.0880. The first-order chi connectivity index (χ1) is 12.2. The number of rotatable bonds is 6. The quantitative estimate of drug-likeness (QED) is 0.650. The van der Waals surface area contributed by atoms with Gasteiger partial charge in [-0.3, -0.25) is 4.79 Å². The van der Waals surface area contributed by atoms with Crippen LogP contribution in [-0.4, -0.2) is 21.8 Å². The summed E-state index contributed by atoms with van der Waals surface area (Å²) in [5.41, 5.74) is 1.57. The lowest BCUT2D eigenvalue weighted by Crippen LogP contribution is -2.33. The van der Waals surface area contributed by atoms with E-state index in [9.17, 15) is 9.18 Å². The first kappa shape index (κ1) is 16.2. The van der Waals surface area contributed by atoms with Gasteiger partial charge >= 0.3 is 0 Å². The van der Waals surface area contributed by atoms with E-state index in [0.29, 0.717) is 24.9 Å². The van der Waals surface area contributed by atoms with Crippen LogP contribution in [0.2, 0.25) is 0 Å². The molecule has 0 N–H and O–H groups in total. The van der Waals surface area contributed by atoms with Gasteiger partial charge in [0.05, 0.1) is 15.2 Å². The van der Waals surface area contributed by atoms with Gasteiger partial charge in [0.15, 0.2) is 0 Å². The Balaban J connectivity index is 1.43. The zero-order valence-electron chi connectivity index (χ0n) is 13.8. The molecular formula is C20H19FN2OS. The van der Waals surface area contributed by atoms with Crippen molar-refractivity contribution in [2.45, 2.75) is 38.3 Å². The van der Waals surface area contributed by atoms with E-state index in [0.717, 1.165) is 28.1 Å². The molecule has 0 saturated heterocycles. The molecule has 1 amide bonds. The predicted octanol–water partition coefficient (Wildman–Crippen LogP) is 4.56. The number of halogens is 1. The minimum atomic E-state index is -0.243. The largest absolute Gasteiger partial charge is 0.335 e. The van der Waals surface area contributed by atoms with E-state index in [4.69, 9.17) is 0 Å². The number of carbonyl (C=O) groups is 1. The maximum atomic E-state index is 13.9. The molecule has 1 heterocycles. The summed E-state index contributed by atoms with van der Waals surface area (Å²) in [7, 11) is 0. The molecule has 0 spiro atoms.